The number of aliphatic hydroxyl groups is 8. The van der Waals surface area contributed by atoms with Gasteiger partial charge in [-0.3, -0.25) is 4.79 Å². The van der Waals surface area contributed by atoms with Crippen LogP contribution in [0.15, 0.2) is 0 Å². The standard InChI is InChI=1S/C22H37N3O15/c1-6(29)23-12-15(32)19(39-22-17(34)16(33)13(30)8(3-26)36-22)10(5-28)37-21(12)38-18-9(4-27)35-20-11(14(18)31)24-7(2)40-25-20/h8-22,25-28,30-34H,3-5H2,1-2H3,(H,23,29)/p+1/t8-,9-,10-,11-,12-,13-,14-,15-,16+,17+,18-,19-,20+,21+,22-/m1/s1. The molecule has 4 rings (SSSR count). The van der Waals surface area contributed by atoms with Crippen molar-refractivity contribution in [1.82, 2.24) is 10.8 Å². The van der Waals surface area contributed by atoms with Crippen LogP contribution in [0.3, 0.4) is 0 Å². The lowest BCUT2D eigenvalue weighted by atomic mass is 9.94. The number of ether oxygens (including phenoxy) is 5. The van der Waals surface area contributed by atoms with Crippen molar-refractivity contribution >= 4 is 11.8 Å². The van der Waals surface area contributed by atoms with E-state index in [1.807, 2.05) is 0 Å². The zero-order valence-corrected chi connectivity index (χ0v) is 21.7. The average molecular weight is 585 g/mol. The van der Waals surface area contributed by atoms with Crippen LogP contribution in [-0.4, -0.2) is 164 Å². The average Bonchev–Trinajstić information content (AvgIpc) is 2.93. The summed E-state index contributed by atoms with van der Waals surface area (Å²) >= 11 is 0. The van der Waals surface area contributed by atoms with Crippen LogP contribution in [0.25, 0.3) is 0 Å². The van der Waals surface area contributed by atoms with E-state index in [0.29, 0.717) is 5.90 Å². The molecule has 0 aromatic carbocycles. The molecule has 0 radical (unpaired) electrons. The summed E-state index contributed by atoms with van der Waals surface area (Å²) < 4.78 is 28.5. The molecular formula is C22H38N3O15+. The molecule has 4 aliphatic rings. The number of aliphatic hydroxyl groups excluding tert-OH is 8. The fraction of sp³-hybridized carbons (Fsp3) is 0.909. The van der Waals surface area contributed by atoms with Gasteiger partial charge >= 0.3 is 5.90 Å². The van der Waals surface area contributed by atoms with Crippen LogP contribution >= 0.6 is 0 Å². The smallest absolute Gasteiger partial charge is 0.350 e. The maximum absolute atomic E-state index is 12.0. The van der Waals surface area contributed by atoms with E-state index < -0.39 is 118 Å². The summed E-state index contributed by atoms with van der Waals surface area (Å²) in [6, 6.07) is -2.17. The number of hydrogen-bond acceptors (Lipinski definition) is 16. The first-order valence-electron chi connectivity index (χ1n) is 12.8. The first kappa shape index (κ1) is 31.3. The van der Waals surface area contributed by atoms with E-state index in [-0.39, 0.29) is 0 Å². The van der Waals surface area contributed by atoms with Crippen LogP contribution in [0.5, 0.6) is 0 Å². The maximum Gasteiger partial charge on any atom is 0.350 e. The molecule has 0 bridgehead atoms. The van der Waals surface area contributed by atoms with Gasteiger partial charge in [0.15, 0.2) is 12.6 Å². The van der Waals surface area contributed by atoms with Crippen LogP contribution in [0.4, 0.5) is 0 Å². The second kappa shape index (κ2) is 13.1. The summed E-state index contributed by atoms with van der Waals surface area (Å²) in [4.78, 5) is 20.1. The van der Waals surface area contributed by atoms with Crippen molar-refractivity contribution < 1.29 is 79.2 Å². The van der Waals surface area contributed by atoms with E-state index in [2.05, 4.69) is 15.8 Å². The highest BCUT2D eigenvalue weighted by molar-refractivity contribution is 5.73. The van der Waals surface area contributed by atoms with Gasteiger partial charge in [0.2, 0.25) is 18.2 Å². The third-order valence-corrected chi connectivity index (χ3v) is 7.25. The van der Waals surface area contributed by atoms with Crippen LogP contribution in [-0.2, 0) is 33.3 Å². The third kappa shape index (κ3) is 6.25. The van der Waals surface area contributed by atoms with Gasteiger partial charge in [-0.2, -0.15) is 0 Å². The molecule has 0 spiro atoms. The number of rotatable bonds is 8. The Bertz CT molecular complexity index is 898. The Kier molecular flexibility index (Phi) is 10.3. The van der Waals surface area contributed by atoms with Crippen molar-refractivity contribution in [3.8, 4) is 0 Å². The van der Waals surface area contributed by atoms with E-state index in [4.69, 9.17) is 28.5 Å². The number of amides is 1. The molecular weight excluding hydrogens is 546 g/mol. The summed E-state index contributed by atoms with van der Waals surface area (Å²) in [7, 11) is 0. The molecule has 0 unspecified atom stereocenters. The summed E-state index contributed by atoms with van der Waals surface area (Å²) in [5, 5.41) is 84.7. The fourth-order valence-corrected chi connectivity index (χ4v) is 5.17. The molecule has 0 aliphatic carbocycles. The number of hydroxylamine groups is 1. The van der Waals surface area contributed by atoms with Crippen molar-refractivity contribution in [3.63, 3.8) is 0 Å². The van der Waals surface area contributed by atoms with Gasteiger partial charge in [0.05, 0.1) is 26.7 Å². The summed E-state index contributed by atoms with van der Waals surface area (Å²) in [6.07, 6.45) is -18.8. The van der Waals surface area contributed by atoms with Gasteiger partial charge in [0.1, 0.15) is 67.1 Å². The highest BCUT2D eigenvalue weighted by Crippen LogP contribution is 2.32. The SMILES string of the molecule is CC(=O)N[C@H]1[C@H](O[C@H]2[C@H](O)[C@H]3[NH+]=C(C)ON[C@H]3O[C@@H]2CO)O[C@H](CO)[C@@H](O[C@H]2O[C@H](CO)[C@@H](O)[C@H](O)[C@@H]2O)[C@@H]1O. The molecule has 0 aromatic heterocycles. The largest absolute Gasteiger partial charge is 0.394 e. The highest BCUT2D eigenvalue weighted by atomic mass is 16.7. The topological polar surface area (TPSA) is 272 Å². The molecule has 0 aromatic rings. The number of nitrogens with one attached hydrogen (secondary N) is 3. The van der Waals surface area contributed by atoms with E-state index in [1.165, 1.54) is 0 Å². The Morgan fingerprint density at radius 3 is 2.02 bits per heavy atom. The van der Waals surface area contributed by atoms with Gasteiger partial charge in [0, 0.05) is 6.92 Å². The van der Waals surface area contributed by atoms with Crippen molar-refractivity contribution in [2.45, 2.75) is 106 Å². The summed E-state index contributed by atoms with van der Waals surface area (Å²) in [5.74, 6) is -0.283. The van der Waals surface area contributed by atoms with Crippen LogP contribution in [0.2, 0.25) is 0 Å². The number of fused-ring (bicyclic) bond motifs is 1. The molecule has 4 aliphatic heterocycles. The minimum atomic E-state index is -1.81. The fourth-order valence-electron chi connectivity index (χ4n) is 5.17. The molecule has 40 heavy (non-hydrogen) atoms. The molecule has 11 N–H and O–H groups in total. The quantitative estimate of drug-likeness (QED) is 0.126. The first-order valence-corrected chi connectivity index (χ1v) is 12.8. The minimum Gasteiger partial charge on any atom is -0.394 e. The van der Waals surface area contributed by atoms with Crippen molar-refractivity contribution in [1.29, 1.82) is 0 Å². The van der Waals surface area contributed by atoms with E-state index in [9.17, 15) is 45.6 Å². The molecule has 18 nitrogen and oxygen atoms in total. The second-order valence-electron chi connectivity index (χ2n) is 10.1. The van der Waals surface area contributed by atoms with Crippen molar-refractivity contribution in [2.24, 2.45) is 0 Å². The van der Waals surface area contributed by atoms with Crippen molar-refractivity contribution in [2.75, 3.05) is 19.8 Å². The van der Waals surface area contributed by atoms with E-state index in [1.54, 1.807) is 6.92 Å². The molecule has 4 heterocycles. The lowest BCUT2D eigenvalue weighted by Gasteiger charge is -2.49. The molecule has 3 saturated heterocycles. The minimum absolute atomic E-state index is 0.332. The normalized spacial score (nSPS) is 47.5. The van der Waals surface area contributed by atoms with Crippen molar-refractivity contribution in [3.05, 3.63) is 0 Å². The predicted molar refractivity (Wildman–Crippen MR) is 124 cm³/mol. The van der Waals surface area contributed by atoms with Gasteiger partial charge in [-0.1, -0.05) is 0 Å². The molecule has 0 saturated carbocycles. The maximum atomic E-state index is 12.0. The van der Waals surface area contributed by atoms with E-state index in [0.717, 1.165) is 6.92 Å². The van der Waals surface area contributed by atoms with Gasteiger partial charge in [-0.25, -0.2) is 4.99 Å². The Labute approximate surface area is 228 Å². The number of carbonyl (C=O) groups excluding carboxylic acids is 1. The molecule has 15 atom stereocenters. The molecule has 3 fully saturated rings. The van der Waals surface area contributed by atoms with Crippen LogP contribution in [0, 0.1) is 0 Å². The van der Waals surface area contributed by atoms with Gasteiger partial charge < -0.3 is 74.7 Å². The lowest BCUT2D eigenvalue weighted by Crippen LogP contribution is -2.93. The molecule has 230 valence electrons. The summed E-state index contributed by atoms with van der Waals surface area (Å²) in [6.45, 7) is 0.669. The Morgan fingerprint density at radius 2 is 1.40 bits per heavy atom. The number of carbonyl (C=O) groups is 1. The zero-order chi connectivity index (χ0) is 29.3. The van der Waals surface area contributed by atoms with E-state index >= 15 is 0 Å². The van der Waals surface area contributed by atoms with Gasteiger partial charge in [0.25, 0.3) is 0 Å². The highest BCUT2D eigenvalue weighted by Gasteiger charge is 2.56. The second-order valence-corrected chi connectivity index (χ2v) is 10.1. The Balaban J connectivity index is 1.55. The lowest BCUT2D eigenvalue weighted by molar-refractivity contribution is -0.573. The number of hydrogen-bond donors (Lipinski definition) is 11. The zero-order valence-electron chi connectivity index (χ0n) is 21.7. The molecule has 18 heteroatoms. The van der Waals surface area contributed by atoms with Crippen LogP contribution < -0.4 is 15.8 Å². The van der Waals surface area contributed by atoms with Gasteiger partial charge in [-0.15, -0.1) is 5.48 Å². The summed E-state index contributed by atoms with van der Waals surface area (Å²) in [5.41, 5.74) is 2.60. The Hall–Kier alpha value is -1.62. The monoisotopic (exact) mass is 584 g/mol. The third-order valence-electron chi connectivity index (χ3n) is 7.25. The van der Waals surface area contributed by atoms with Gasteiger partial charge in [-0.05, 0) is 0 Å². The predicted octanol–water partition coefficient (Wildman–Crippen LogP) is -8.38. The molecule has 1 amide bonds. The first-order chi connectivity index (χ1) is 19.0. The van der Waals surface area contributed by atoms with Crippen LogP contribution in [0.1, 0.15) is 13.8 Å². The Morgan fingerprint density at radius 1 is 0.825 bits per heavy atom.